The van der Waals surface area contributed by atoms with E-state index in [9.17, 15) is 5.21 Å². The summed E-state index contributed by atoms with van der Waals surface area (Å²) in [5.74, 6) is 0. The van der Waals surface area contributed by atoms with Crippen LogP contribution in [0.1, 0.15) is 82.3 Å². The average Bonchev–Trinajstić information content (AvgIpc) is 2.50. The van der Waals surface area contributed by atoms with E-state index >= 15 is 0 Å². The Morgan fingerprint density at radius 2 is 1.45 bits per heavy atom. The van der Waals surface area contributed by atoms with Crippen LogP contribution in [-0.2, 0) is 16.5 Å². The molecule has 0 spiro atoms. The summed E-state index contributed by atoms with van der Waals surface area (Å²) < 4.78 is 0. The summed E-state index contributed by atoms with van der Waals surface area (Å²) in [5, 5.41) is 12.7. The van der Waals surface area contributed by atoms with Crippen LogP contribution >= 0.6 is 0 Å². The Hall–Kier alpha value is -0.816. The van der Waals surface area contributed by atoms with E-state index in [1.807, 2.05) is 18.2 Å². The Morgan fingerprint density at radius 3 is 2.00 bits per heavy atom. The maximum absolute atomic E-state index is 9.22. The van der Waals surface area contributed by atoms with Crippen LogP contribution in [0.2, 0.25) is 0 Å². The molecule has 0 heterocycles. The summed E-state index contributed by atoms with van der Waals surface area (Å²) in [4.78, 5) is 0. The molecule has 1 aromatic carbocycles. The van der Waals surface area contributed by atoms with E-state index in [-0.39, 0.29) is 16.5 Å². The Labute approximate surface area is 146 Å². The molecule has 0 unspecified atom stereocenters. The zero-order valence-corrected chi connectivity index (χ0v) is 15.1. The third kappa shape index (κ3) is 8.58. The van der Waals surface area contributed by atoms with Gasteiger partial charge in [-0.05, 0) is 25.3 Å². The molecule has 0 saturated heterocycles. The largest absolute Gasteiger partial charge is 0.411 e. The number of nitrogens with zero attached hydrogens (tertiary/aromatic N) is 1. The molecular formula is C19H31NNiO. The maximum atomic E-state index is 9.22. The molecule has 0 aliphatic rings. The van der Waals surface area contributed by atoms with Crippen molar-refractivity contribution in [3.63, 3.8) is 0 Å². The van der Waals surface area contributed by atoms with Crippen LogP contribution in [0.3, 0.4) is 0 Å². The van der Waals surface area contributed by atoms with Crippen molar-refractivity contribution in [1.29, 1.82) is 0 Å². The van der Waals surface area contributed by atoms with E-state index in [2.05, 4.69) is 25.1 Å². The molecule has 128 valence electrons. The number of benzene rings is 1. The van der Waals surface area contributed by atoms with Gasteiger partial charge in [0.1, 0.15) is 0 Å². The molecule has 0 aliphatic carbocycles. The van der Waals surface area contributed by atoms with Gasteiger partial charge < -0.3 is 5.21 Å². The van der Waals surface area contributed by atoms with Crippen molar-refractivity contribution in [1.82, 2.24) is 0 Å². The molecule has 0 radical (unpaired) electrons. The molecule has 2 nitrogen and oxygen atoms in total. The van der Waals surface area contributed by atoms with Gasteiger partial charge in [0.2, 0.25) is 0 Å². The first-order valence-electron chi connectivity index (χ1n) is 8.56. The standard InChI is InChI=1S/C19H31NO.Ni/c1-3-4-5-6-7-8-9-10-11-16-19(20-21)18-15-13-12-14-17(18)2;/h12-15,21H,3-11,16H2,1-2H3;. The summed E-state index contributed by atoms with van der Waals surface area (Å²) in [7, 11) is 0. The third-order valence-electron chi connectivity index (χ3n) is 4.09. The van der Waals surface area contributed by atoms with Gasteiger partial charge in [-0.1, -0.05) is 87.7 Å². The molecule has 0 aromatic heterocycles. The second-order valence-corrected chi connectivity index (χ2v) is 5.94. The van der Waals surface area contributed by atoms with Crippen molar-refractivity contribution in [3.05, 3.63) is 35.4 Å². The Kier molecular flexibility index (Phi) is 13.3. The molecule has 1 N–H and O–H groups in total. The molecule has 3 heteroatoms. The molecule has 1 aromatic rings. The Morgan fingerprint density at radius 1 is 0.909 bits per heavy atom. The van der Waals surface area contributed by atoms with E-state index in [4.69, 9.17) is 0 Å². The second kappa shape index (κ2) is 13.8. The number of hydrogen-bond donors (Lipinski definition) is 1. The van der Waals surface area contributed by atoms with Crippen LogP contribution in [0.5, 0.6) is 0 Å². The predicted molar refractivity (Wildman–Crippen MR) is 91.3 cm³/mol. The SMILES string of the molecule is CCCCCCCCCCCC(=NO)c1ccccc1C.[Ni]. The number of unbranched alkanes of at least 4 members (excludes halogenated alkanes) is 8. The molecule has 0 fully saturated rings. The minimum atomic E-state index is 0. The summed E-state index contributed by atoms with van der Waals surface area (Å²) in [6, 6.07) is 8.13. The normalized spacial score (nSPS) is 11.3. The minimum Gasteiger partial charge on any atom is -0.411 e. The van der Waals surface area contributed by atoms with Crippen LogP contribution in [0, 0.1) is 6.92 Å². The molecule has 22 heavy (non-hydrogen) atoms. The third-order valence-corrected chi connectivity index (χ3v) is 4.09. The van der Waals surface area contributed by atoms with Gasteiger partial charge >= 0.3 is 0 Å². The van der Waals surface area contributed by atoms with Crippen LogP contribution in [0.4, 0.5) is 0 Å². The molecular weight excluding hydrogens is 317 g/mol. The van der Waals surface area contributed by atoms with Crippen molar-refractivity contribution in [2.75, 3.05) is 0 Å². The van der Waals surface area contributed by atoms with Crippen LogP contribution < -0.4 is 0 Å². The molecule has 0 saturated carbocycles. The van der Waals surface area contributed by atoms with Gasteiger partial charge in [0.05, 0.1) is 5.71 Å². The smallest absolute Gasteiger partial charge is 0.0870 e. The minimum absolute atomic E-state index is 0. The van der Waals surface area contributed by atoms with Crippen molar-refractivity contribution < 1.29 is 21.7 Å². The van der Waals surface area contributed by atoms with Gasteiger partial charge in [-0.3, -0.25) is 0 Å². The van der Waals surface area contributed by atoms with Crippen LogP contribution in [-0.4, -0.2) is 10.9 Å². The first-order chi connectivity index (χ1) is 10.3. The topological polar surface area (TPSA) is 32.6 Å². The van der Waals surface area contributed by atoms with E-state index in [1.165, 1.54) is 56.9 Å². The molecule has 0 atom stereocenters. The Balaban J connectivity index is 0.00000441. The van der Waals surface area contributed by atoms with E-state index < -0.39 is 0 Å². The van der Waals surface area contributed by atoms with E-state index in [1.54, 1.807) is 0 Å². The molecule has 0 amide bonds. The van der Waals surface area contributed by atoms with Gasteiger partial charge in [-0.2, -0.15) is 0 Å². The van der Waals surface area contributed by atoms with Gasteiger partial charge in [-0.25, -0.2) is 0 Å². The maximum Gasteiger partial charge on any atom is 0.0870 e. The van der Waals surface area contributed by atoms with E-state index in [0.29, 0.717) is 0 Å². The van der Waals surface area contributed by atoms with Gasteiger partial charge in [0, 0.05) is 22.1 Å². The first kappa shape index (κ1) is 21.2. The van der Waals surface area contributed by atoms with Crippen molar-refractivity contribution >= 4 is 5.71 Å². The number of hydrogen-bond acceptors (Lipinski definition) is 2. The van der Waals surface area contributed by atoms with Crippen LogP contribution in [0.25, 0.3) is 0 Å². The van der Waals surface area contributed by atoms with Gasteiger partial charge in [0.15, 0.2) is 0 Å². The zero-order valence-electron chi connectivity index (χ0n) is 14.1. The number of aryl methyl sites for hydroxylation is 1. The monoisotopic (exact) mass is 347 g/mol. The van der Waals surface area contributed by atoms with Gasteiger partial charge in [0.25, 0.3) is 0 Å². The summed E-state index contributed by atoms with van der Waals surface area (Å²) in [5.41, 5.74) is 3.09. The predicted octanol–water partition coefficient (Wildman–Crippen LogP) is 6.09. The number of rotatable bonds is 11. The van der Waals surface area contributed by atoms with Crippen molar-refractivity contribution in [2.45, 2.75) is 78.1 Å². The first-order valence-corrected chi connectivity index (χ1v) is 8.56. The molecule has 0 bridgehead atoms. The Bertz CT molecular complexity index is 418. The summed E-state index contributed by atoms with van der Waals surface area (Å²) >= 11 is 0. The zero-order chi connectivity index (χ0) is 15.3. The molecule has 0 aliphatic heterocycles. The molecule has 1 rings (SSSR count). The summed E-state index contributed by atoms with van der Waals surface area (Å²) in [6.07, 6.45) is 12.7. The fraction of sp³-hybridized carbons (Fsp3) is 0.632. The second-order valence-electron chi connectivity index (χ2n) is 5.94. The number of oxime groups is 1. The summed E-state index contributed by atoms with van der Waals surface area (Å²) in [6.45, 7) is 4.32. The van der Waals surface area contributed by atoms with E-state index in [0.717, 1.165) is 24.1 Å². The van der Waals surface area contributed by atoms with Crippen molar-refractivity contribution in [3.8, 4) is 0 Å². The fourth-order valence-corrected chi connectivity index (χ4v) is 2.74. The fourth-order valence-electron chi connectivity index (χ4n) is 2.74. The average molecular weight is 348 g/mol. The van der Waals surface area contributed by atoms with Crippen molar-refractivity contribution in [2.24, 2.45) is 5.16 Å². The van der Waals surface area contributed by atoms with Gasteiger partial charge in [-0.15, -0.1) is 0 Å². The van der Waals surface area contributed by atoms with Crippen LogP contribution in [0.15, 0.2) is 29.4 Å². The quantitative estimate of drug-likeness (QED) is 0.169.